The summed E-state index contributed by atoms with van der Waals surface area (Å²) in [6.07, 6.45) is 24.7. The van der Waals surface area contributed by atoms with Crippen LogP contribution in [0.15, 0.2) is 24.3 Å². The maximum Gasteiger partial charge on any atom is 0.305 e. The lowest BCUT2D eigenvalue weighted by molar-refractivity contribution is -0.193. The third-order valence-electron chi connectivity index (χ3n) is 8.39. The molecule has 6 nitrogen and oxygen atoms in total. The van der Waals surface area contributed by atoms with Gasteiger partial charge in [-0.25, -0.2) is 0 Å². The minimum absolute atomic E-state index is 0.0729. The lowest BCUT2D eigenvalue weighted by Gasteiger charge is -2.30. The van der Waals surface area contributed by atoms with E-state index in [1.165, 1.54) is 39.2 Å². The van der Waals surface area contributed by atoms with Gasteiger partial charge in [0.1, 0.15) is 0 Å². The minimum atomic E-state index is -0.136. The highest BCUT2D eigenvalue weighted by Gasteiger charge is 2.42. The van der Waals surface area contributed by atoms with Gasteiger partial charge < -0.3 is 23.7 Å². The molecule has 2 aliphatic heterocycles. The van der Waals surface area contributed by atoms with Gasteiger partial charge in [0.25, 0.3) is 0 Å². The molecule has 0 aromatic rings. The second-order valence-corrected chi connectivity index (χ2v) is 12.0. The van der Waals surface area contributed by atoms with Gasteiger partial charge in [0.2, 0.25) is 0 Å². The number of halogens is 1. The van der Waals surface area contributed by atoms with E-state index in [1.807, 2.05) is 0 Å². The molecule has 7 heteroatoms. The molecule has 224 valence electrons. The van der Waals surface area contributed by atoms with Crippen LogP contribution in [0.2, 0.25) is 0 Å². The Labute approximate surface area is 245 Å². The van der Waals surface area contributed by atoms with Crippen LogP contribution in [-0.4, -0.2) is 56.4 Å². The van der Waals surface area contributed by atoms with Crippen LogP contribution in [0.1, 0.15) is 103 Å². The molecule has 0 aromatic heterocycles. The van der Waals surface area contributed by atoms with E-state index in [0.29, 0.717) is 24.2 Å². The van der Waals surface area contributed by atoms with Gasteiger partial charge in [-0.15, -0.1) is 0 Å². The normalized spacial score (nSPS) is 30.7. The molecule has 7 atom stereocenters. The Bertz CT molecular complexity index is 715. The first kappa shape index (κ1) is 32.8. The van der Waals surface area contributed by atoms with E-state index in [2.05, 4.69) is 47.2 Å². The number of hydrogen-bond acceptors (Lipinski definition) is 6. The summed E-state index contributed by atoms with van der Waals surface area (Å²) in [6.45, 7) is 3.85. The lowest BCUT2D eigenvalue weighted by atomic mass is 9.86. The predicted octanol–water partition coefficient (Wildman–Crippen LogP) is 7.88. The second kappa shape index (κ2) is 19.4. The molecule has 3 rings (SSSR count). The molecule has 3 aliphatic rings. The van der Waals surface area contributed by atoms with Crippen molar-refractivity contribution in [2.24, 2.45) is 17.8 Å². The van der Waals surface area contributed by atoms with E-state index < -0.39 is 0 Å². The molecule has 1 aliphatic carbocycles. The van der Waals surface area contributed by atoms with Crippen molar-refractivity contribution in [1.82, 2.24) is 0 Å². The average Bonchev–Trinajstić information content (AvgIpc) is 3.30. The molecule has 0 N–H and O–H groups in total. The maximum absolute atomic E-state index is 11.4. The van der Waals surface area contributed by atoms with Gasteiger partial charge in [-0.3, -0.25) is 4.79 Å². The van der Waals surface area contributed by atoms with Crippen molar-refractivity contribution < 1.29 is 28.5 Å². The largest absolute Gasteiger partial charge is 0.469 e. The maximum atomic E-state index is 11.4. The number of allylic oxidation sites excluding steroid dienone is 2. The predicted molar refractivity (Wildman–Crippen MR) is 159 cm³/mol. The van der Waals surface area contributed by atoms with Gasteiger partial charge in [-0.1, -0.05) is 66.4 Å². The van der Waals surface area contributed by atoms with Crippen LogP contribution >= 0.6 is 15.9 Å². The lowest BCUT2D eigenvalue weighted by Crippen LogP contribution is -2.31. The van der Waals surface area contributed by atoms with Crippen molar-refractivity contribution in [1.29, 1.82) is 0 Å². The molecule has 0 amide bonds. The summed E-state index contributed by atoms with van der Waals surface area (Å²) in [5, 5.41) is 0.968. The number of alkyl halides is 1. The highest BCUT2D eigenvalue weighted by molar-refractivity contribution is 9.09. The van der Waals surface area contributed by atoms with E-state index in [0.717, 1.165) is 76.3 Å². The van der Waals surface area contributed by atoms with E-state index in [1.54, 1.807) is 0 Å². The molecule has 39 heavy (non-hydrogen) atoms. The minimum Gasteiger partial charge on any atom is -0.469 e. The van der Waals surface area contributed by atoms with Gasteiger partial charge in [-0.05, 0) is 82.5 Å². The molecular weight excluding hydrogens is 560 g/mol. The Hall–Kier alpha value is -0.730. The first-order valence-electron chi connectivity index (χ1n) is 15.6. The topological polar surface area (TPSA) is 63.2 Å². The highest BCUT2D eigenvalue weighted by Crippen LogP contribution is 2.44. The summed E-state index contributed by atoms with van der Waals surface area (Å²) in [7, 11) is 1.45. The number of carbonyl (C=O) groups excluding carboxylic acids is 1. The van der Waals surface area contributed by atoms with Crippen LogP contribution in [-0.2, 0) is 28.5 Å². The Morgan fingerprint density at radius 2 is 1.79 bits per heavy atom. The number of hydrogen-bond donors (Lipinski definition) is 0. The van der Waals surface area contributed by atoms with Crippen LogP contribution in [0.5, 0.6) is 0 Å². The summed E-state index contributed by atoms with van der Waals surface area (Å²) in [5.41, 5.74) is 0. The molecule has 0 aromatic carbocycles. The summed E-state index contributed by atoms with van der Waals surface area (Å²) < 4.78 is 29.8. The molecule has 3 fully saturated rings. The van der Waals surface area contributed by atoms with Crippen molar-refractivity contribution in [2.45, 2.75) is 128 Å². The van der Waals surface area contributed by atoms with Crippen molar-refractivity contribution in [3.8, 4) is 0 Å². The van der Waals surface area contributed by atoms with E-state index in [9.17, 15) is 4.79 Å². The molecule has 2 heterocycles. The van der Waals surface area contributed by atoms with Crippen molar-refractivity contribution in [3.63, 3.8) is 0 Å². The molecule has 3 unspecified atom stereocenters. The average molecular weight is 614 g/mol. The first-order chi connectivity index (χ1) is 19.1. The fourth-order valence-electron chi connectivity index (χ4n) is 6.08. The Balaban J connectivity index is 1.69. The van der Waals surface area contributed by atoms with Crippen LogP contribution in [0.25, 0.3) is 0 Å². The third kappa shape index (κ3) is 12.0. The fraction of sp³-hybridized carbons (Fsp3) is 0.844. The van der Waals surface area contributed by atoms with Crippen molar-refractivity contribution >= 4 is 21.9 Å². The second-order valence-electron chi connectivity index (χ2n) is 11.4. The summed E-state index contributed by atoms with van der Waals surface area (Å²) in [5.74, 6) is 1.19. The van der Waals surface area contributed by atoms with Crippen molar-refractivity contribution in [2.75, 3.05) is 25.7 Å². The molecule has 0 spiro atoms. The molecular formula is C32H53BrO6. The number of unbranched alkanes of at least 4 members (excludes halogenated alkanes) is 3. The first-order valence-corrected chi connectivity index (χ1v) is 16.8. The van der Waals surface area contributed by atoms with E-state index >= 15 is 0 Å². The smallest absolute Gasteiger partial charge is 0.305 e. The van der Waals surface area contributed by atoms with Crippen LogP contribution in [0, 0.1) is 17.8 Å². The number of ether oxygens (including phenoxy) is 5. The molecule has 1 saturated carbocycles. The number of rotatable bonds is 17. The van der Waals surface area contributed by atoms with Crippen LogP contribution in [0.4, 0.5) is 0 Å². The van der Waals surface area contributed by atoms with Crippen LogP contribution in [0.3, 0.4) is 0 Å². The zero-order valence-electron chi connectivity index (χ0n) is 24.4. The SMILES string of the molecule is CCCCCC(C=C[C@@H]1[C@@H](CC=CCCCC(=O)OC)[C@H](CBr)C[C@H]1OC1CCCCO1)OC1CCCCO1. The van der Waals surface area contributed by atoms with E-state index in [4.69, 9.17) is 23.7 Å². The van der Waals surface area contributed by atoms with Crippen LogP contribution < -0.4 is 0 Å². The number of methoxy groups -OCH3 is 1. The standard InChI is InChI=1S/C32H53BrO6/c1-3-4-7-14-26(38-31-17-10-12-21-36-31)19-20-28-27(15-8-5-6-9-16-30(34)35-2)25(24-33)23-29(28)39-32-18-11-13-22-37-32/h5,8,19-20,25-29,31-32H,3-4,6-7,9-18,21-24H2,1-2H3/t25-,26?,27-,28+,29+,31?,32?/m0/s1. The highest BCUT2D eigenvalue weighted by atomic mass is 79.9. The van der Waals surface area contributed by atoms with Crippen molar-refractivity contribution in [3.05, 3.63) is 24.3 Å². The fourth-order valence-corrected chi connectivity index (χ4v) is 6.83. The van der Waals surface area contributed by atoms with Gasteiger partial charge >= 0.3 is 5.97 Å². The molecule has 0 radical (unpaired) electrons. The quantitative estimate of drug-likeness (QED) is 0.0720. The van der Waals surface area contributed by atoms with Gasteiger partial charge in [0, 0.05) is 30.9 Å². The summed E-state index contributed by atoms with van der Waals surface area (Å²) in [6, 6.07) is 0. The Kier molecular flexibility index (Phi) is 16.3. The monoisotopic (exact) mass is 612 g/mol. The number of carbonyl (C=O) groups is 1. The zero-order chi connectivity index (χ0) is 27.7. The number of esters is 1. The molecule has 2 saturated heterocycles. The van der Waals surface area contributed by atoms with E-state index in [-0.39, 0.29) is 30.8 Å². The van der Waals surface area contributed by atoms with Gasteiger partial charge in [-0.2, -0.15) is 0 Å². The third-order valence-corrected chi connectivity index (χ3v) is 9.22. The Morgan fingerprint density at radius 3 is 2.46 bits per heavy atom. The molecule has 0 bridgehead atoms. The van der Waals surface area contributed by atoms with Gasteiger partial charge in [0.15, 0.2) is 12.6 Å². The summed E-state index contributed by atoms with van der Waals surface area (Å²) >= 11 is 3.81. The van der Waals surface area contributed by atoms with Gasteiger partial charge in [0.05, 0.1) is 19.3 Å². The summed E-state index contributed by atoms with van der Waals surface area (Å²) in [4.78, 5) is 11.4. The Morgan fingerprint density at radius 1 is 1.03 bits per heavy atom. The zero-order valence-corrected chi connectivity index (χ0v) is 26.0.